The summed E-state index contributed by atoms with van der Waals surface area (Å²) < 4.78 is 5.68. The van der Waals surface area contributed by atoms with Gasteiger partial charge in [0.05, 0.1) is 18.6 Å². The lowest BCUT2D eigenvalue weighted by atomic mass is 9.86. The summed E-state index contributed by atoms with van der Waals surface area (Å²) >= 11 is 0. The first-order chi connectivity index (χ1) is 10.1. The van der Waals surface area contributed by atoms with Crippen molar-refractivity contribution in [3.63, 3.8) is 0 Å². The van der Waals surface area contributed by atoms with Crippen molar-refractivity contribution in [1.29, 1.82) is 0 Å². The fraction of sp³-hybridized carbons (Fsp3) is 0.867. The van der Waals surface area contributed by atoms with Gasteiger partial charge in [-0.25, -0.2) is 4.79 Å². The lowest BCUT2D eigenvalue weighted by Crippen LogP contribution is -2.45. The monoisotopic (exact) mass is 298 g/mol. The maximum absolute atomic E-state index is 11.7. The number of hydrogen-bond donors (Lipinski definition) is 3. The third kappa shape index (κ3) is 5.53. The molecule has 0 bridgehead atoms. The van der Waals surface area contributed by atoms with E-state index in [2.05, 4.69) is 10.6 Å². The van der Waals surface area contributed by atoms with Crippen LogP contribution in [0.4, 0.5) is 4.79 Å². The van der Waals surface area contributed by atoms with Crippen LogP contribution in [0.15, 0.2) is 0 Å². The second kappa shape index (κ2) is 8.22. The predicted molar refractivity (Wildman–Crippen MR) is 78.1 cm³/mol. The highest BCUT2D eigenvalue weighted by molar-refractivity contribution is 5.74. The second-order valence-corrected chi connectivity index (χ2v) is 6.06. The Kier molecular flexibility index (Phi) is 6.29. The molecule has 0 aliphatic heterocycles. The molecule has 0 aromatic carbocycles. The van der Waals surface area contributed by atoms with Gasteiger partial charge in [-0.2, -0.15) is 0 Å². The normalized spacial score (nSPS) is 26.5. The zero-order valence-electron chi connectivity index (χ0n) is 12.5. The van der Waals surface area contributed by atoms with Crippen LogP contribution in [0.2, 0.25) is 0 Å². The van der Waals surface area contributed by atoms with Crippen LogP contribution in [-0.2, 0) is 9.53 Å². The molecular weight excluding hydrogens is 272 g/mol. The highest BCUT2D eigenvalue weighted by Gasteiger charge is 2.26. The zero-order valence-corrected chi connectivity index (χ0v) is 12.5. The van der Waals surface area contributed by atoms with Crippen molar-refractivity contribution in [3.05, 3.63) is 0 Å². The van der Waals surface area contributed by atoms with Gasteiger partial charge in [0.1, 0.15) is 0 Å². The summed E-state index contributed by atoms with van der Waals surface area (Å²) in [5.74, 6) is -0.965. The Bertz CT molecular complexity index is 348. The summed E-state index contributed by atoms with van der Waals surface area (Å²) in [6, 6.07) is -0.0832. The number of carbonyl (C=O) groups is 2. The van der Waals surface area contributed by atoms with Crippen molar-refractivity contribution in [2.45, 2.75) is 63.5 Å². The second-order valence-electron chi connectivity index (χ2n) is 6.06. The fourth-order valence-electron chi connectivity index (χ4n) is 3.17. The van der Waals surface area contributed by atoms with Crippen LogP contribution in [-0.4, -0.2) is 42.4 Å². The molecule has 0 aromatic heterocycles. The summed E-state index contributed by atoms with van der Waals surface area (Å²) in [5.41, 5.74) is 0. The van der Waals surface area contributed by atoms with Crippen LogP contribution in [0.5, 0.6) is 0 Å². The Morgan fingerprint density at radius 3 is 2.33 bits per heavy atom. The SMILES string of the molecule is O=C(NCCOC1CCCC1)NC1CCC(C(=O)O)CC1. The van der Waals surface area contributed by atoms with Crippen molar-refractivity contribution < 1.29 is 19.4 Å². The number of carboxylic acid groups (broad SMARTS) is 1. The average Bonchev–Trinajstić information content (AvgIpc) is 2.97. The van der Waals surface area contributed by atoms with E-state index in [1.54, 1.807) is 0 Å². The molecule has 2 amide bonds. The molecule has 21 heavy (non-hydrogen) atoms. The van der Waals surface area contributed by atoms with Crippen molar-refractivity contribution >= 4 is 12.0 Å². The number of amides is 2. The molecule has 3 N–H and O–H groups in total. The Balaban J connectivity index is 1.52. The summed E-state index contributed by atoms with van der Waals surface area (Å²) in [6.07, 6.45) is 7.91. The summed E-state index contributed by atoms with van der Waals surface area (Å²) in [4.78, 5) is 22.6. The number of nitrogens with one attached hydrogen (secondary N) is 2. The maximum Gasteiger partial charge on any atom is 0.315 e. The molecule has 6 nitrogen and oxygen atoms in total. The minimum atomic E-state index is -0.720. The van der Waals surface area contributed by atoms with Gasteiger partial charge in [-0.05, 0) is 38.5 Å². The molecule has 0 spiro atoms. The highest BCUT2D eigenvalue weighted by atomic mass is 16.5. The van der Waals surface area contributed by atoms with E-state index in [0.717, 1.165) is 25.7 Å². The van der Waals surface area contributed by atoms with Gasteiger partial charge >= 0.3 is 12.0 Å². The first-order valence-electron chi connectivity index (χ1n) is 8.04. The third-order valence-electron chi connectivity index (χ3n) is 4.46. The number of hydrogen-bond acceptors (Lipinski definition) is 3. The number of urea groups is 1. The molecule has 6 heteroatoms. The number of aliphatic carboxylic acids is 1. The van der Waals surface area contributed by atoms with Crippen molar-refractivity contribution in [3.8, 4) is 0 Å². The van der Waals surface area contributed by atoms with E-state index in [4.69, 9.17) is 9.84 Å². The molecule has 2 aliphatic rings. The molecule has 0 unspecified atom stereocenters. The van der Waals surface area contributed by atoms with Crippen molar-refractivity contribution in [2.75, 3.05) is 13.2 Å². The van der Waals surface area contributed by atoms with Crippen LogP contribution < -0.4 is 10.6 Å². The van der Waals surface area contributed by atoms with Gasteiger partial charge < -0.3 is 20.5 Å². The van der Waals surface area contributed by atoms with E-state index >= 15 is 0 Å². The molecule has 0 heterocycles. The first kappa shape index (κ1) is 16.1. The lowest BCUT2D eigenvalue weighted by molar-refractivity contribution is -0.142. The number of carbonyl (C=O) groups excluding carboxylic acids is 1. The van der Waals surface area contributed by atoms with Gasteiger partial charge in [0, 0.05) is 12.6 Å². The van der Waals surface area contributed by atoms with Gasteiger partial charge in [-0.3, -0.25) is 4.79 Å². The largest absolute Gasteiger partial charge is 0.481 e. The van der Waals surface area contributed by atoms with Gasteiger partial charge in [0.25, 0.3) is 0 Å². The Hall–Kier alpha value is -1.30. The van der Waals surface area contributed by atoms with Gasteiger partial charge in [-0.1, -0.05) is 12.8 Å². The van der Waals surface area contributed by atoms with Crippen molar-refractivity contribution in [2.24, 2.45) is 5.92 Å². The van der Waals surface area contributed by atoms with Gasteiger partial charge in [-0.15, -0.1) is 0 Å². The van der Waals surface area contributed by atoms with E-state index < -0.39 is 5.97 Å². The van der Waals surface area contributed by atoms with Crippen LogP contribution in [0.1, 0.15) is 51.4 Å². The Morgan fingerprint density at radius 2 is 1.71 bits per heavy atom. The molecule has 0 atom stereocenters. The number of carboxylic acids is 1. The van der Waals surface area contributed by atoms with E-state index in [1.165, 1.54) is 12.8 Å². The number of rotatable bonds is 6. The van der Waals surface area contributed by atoms with E-state index in [0.29, 0.717) is 32.1 Å². The molecule has 0 aromatic rings. The maximum atomic E-state index is 11.7. The molecule has 2 fully saturated rings. The van der Waals surface area contributed by atoms with Crippen LogP contribution in [0.25, 0.3) is 0 Å². The minimum Gasteiger partial charge on any atom is -0.481 e. The fourth-order valence-corrected chi connectivity index (χ4v) is 3.17. The van der Waals surface area contributed by atoms with Gasteiger partial charge in [0.15, 0.2) is 0 Å². The van der Waals surface area contributed by atoms with E-state index in [1.807, 2.05) is 0 Å². The highest BCUT2D eigenvalue weighted by Crippen LogP contribution is 2.24. The summed E-state index contributed by atoms with van der Waals surface area (Å²) in [6.45, 7) is 1.08. The minimum absolute atomic E-state index is 0.0938. The van der Waals surface area contributed by atoms with Crippen LogP contribution in [0, 0.1) is 5.92 Å². The zero-order chi connectivity index (χ0) is 15.1. The van der Waals surface area contributed by atoms with Crippen LogP contribution >= 0.6 is 0 Å². The van der Waals surface area contributed by atoms with Gasteiger partial charge in [0.2, 0.25) is 0 Å². The molecule has 0 radical (unpaired) electrons. The van der Waals surface area contributed by atoms with E-state index in [9.17, 15) is 9.59 Å². The number of ether oxygens (including phenoxy) is 1. The Morgan fingerprint density at radius 1 is 1.05 bits per heavy atom. The molecule has 2 aliphatic carbocycles. The van der Waals surface area contributed by atoms with Crippen LogP contribution in [0.3, 0.4) is 0 Å². The smallest absolute Gasteiger partial charge is 0.315 e. The molecule has 0 saturated heterocycles. The molecular formula is C15H26N2O4. The molecule has 120 valence electrons. The summed E-state index contributed by atoms with van der Waals surface area (Å²) in [5, 5.41) is 14.6. The average molecular weight is 298 g/mol. The molecule has 2 saturated carbocycles. The molecule has 2 rings (SSSR count). The lowest BCUT2D eigenvalue weighted by Gasteiger charge is -2.26. The topological polar surface area (TPSA) is 87.7 Å². The van der Waals surface area contributed by atoms with Crippen molar-refractivity contribution in [1.82, 2.24) is 10.6 Å². The predicted octanol–water partition coefficient (Wildman–Crippen LogP) is 1.89. The Labute approximate surface area is 125 Å². The third-order valence-corrected chi connectivity index (χ3v) is 4.46. The quantitative estimate of drug-likeness (QED) is 0.653. The van der Waals surface area contributed by atoms with E-state index in [-0.39, 0.29) is 18.0 Å². The first-order valence-corrected chi connectivity index (χ1v) is 8.04. The standard InChI is InChI=1S/C15H26N2O4/c18-14(19)11-5-7-12(8-6-11)17-15(20)16-9-10-21-13-3-1-2-4-13/h11-13H,1-10H2,(H,18,19)(H2,16,17,20). The summed E-state index contributed by atoms with van der Waals surface area (Å²) in [7, 11) is 0.